The summed E-state index contributed by atoms with van der Waals surface area (Å²) < 4.78 is 21.4. The van der Waals surface area contributed by atoms with Crippen LogP contribution in [0.15, 0.2) is 35.1 Å². The van der Waals surface area contributed by atoms with Gasteiger partial charge in [0.1, 0.15) is 12.4 Å². The first-order valence-electron chi connectivity index (χ1n) is 15.1. The van der Waals surface area contributed by atoms with E-state index in [1.54, 1.807) is 36.1 Å². The molecule has 0 saturated carbocycles. The minimum atomic E-state index is -1.91. The zero-order valence-corrected chi connectivity index (χ0v) is 23.1. The lowest BCUT2D eigenvalue weighted by Gasteiger charge is -2.39. The quantitative estimate of drug-likeness (QED) is 0.379. The number of carbonyl (C=O) groups excluding carboxylic acids is 2. The SMILES string of the molecule is [3H]c1c2c(nc3ccc(OC(=O)N4CCC(N5CCCCC5)CC4)cc13)-c1cc3c(c(=O)n1C2)COC(=O)[C@]3(O)CC. The Morgan fingerprint density at radius 2 is 1.95 bits per heavy atom. The molecule has 1 atom stereocenters. The maximum Gasteiger partial charge on any atom is 0.415 e. The van der Waals surface area contributed by atoms with E-state index in [1.165, 1.54) is 23.8 Å². The van der Waals surface area contributed by atoms with Crippen LogP contribution in [0.1, 0.15) is 63.5 Å². The number of benzene rings is 1. The normalized spacial score (nSPS) is 23.0. The van der Waals surface area contributed by atoms with Gasteiger partial charge in [0, 0.05) is 35.6 Å². The molecule has 4 aliphatic rings. The van der Waals surface area contributed by atoms with E-state index < -0.39 is 17.7 Å². The second-order valence-electron chi connectivity index (χ2n) is 11.5. The van der Waals surface area contributed by atoms with Crippen LogP contribution >= 0.6 is 0 Å². The molecule has 6 heterocycles. The number of likely N-dealkylation sites (tertiary alicyclic amines) is 2. The second-order valence-corrected chi connectivity index (χ2v) is 11.5. The lowest BCUT2D eigenvalue weighted by Crippen LogP contribution is -2.48. The van der Waals surface area contributed by atoms with Crippen LogP contribution in [0.5, 0.6) is 5.75 Å². The molecule has 2 aromatic heterocycles. The molecular formula is C31H34N4O6. The molecule has 2 saturated heterocycles. The third-order valence-electron chi connectivity index (χ3n) is 9.21. The van der Waals surface area contributed by atoms with E-state index >= 15 is 0 Å². The minimum absolute atomic E-state index is 0.0569. The Kier molecular flexibility index (Phi) is 6.07. The monoisotopic (exact) mass is 560 g/mol. The predicted octanol–water partition coefficient (Wildman–Crippen LogP) is 3.53. The fourth-order valence-electron chi connectivity index (χ4n) is 6.79. The zero-order valence-electron chi connectivity index (χ0n) is 24.1. The van der Waals surface area contributed by atoms with Crippen LogP contribution in [0, 0.1) is 0 Å². The van der Waals surface area contributed by atoms with Crippen LogP contribution in [0.4, 0.5) is 4.79 Å². The summed E-state index contributed by atoms with van der Waals surface area (Å²) in [5.74, 6) is -0.436. The van der Waals surface area contributed by atoms with Gasteiger partial charge in [0.2, 0.25) is 0 Å². The highest BCUT2D eigenvalue weighted by Crippen LogP contribution is 2.39. The maximum atomic E-state index is 13.4. The van der Waals surface area contributed by atoms with Crippen molar-refractivity contribution in [3.05, 3.63) is 57.4 Å². The lowest BCUT2D eigenvalue weighted by molar-refractivity contribution is -0.172. The highest BCUT2D eigenvalue weighted by molar-refractivity contribution is 5.87. The largest absolute Gasteiger partial charge is 0.458 e. The van der Waals surface area contributed by atoms with Gasteiger partial charge in [-0.05, 0) is 75.5 Å². The number of hydrogen-bond acceptors (Lipinski definition) is 8. The first-order chi connectivity index (χ1) is 20.3. The molecule has 2 fully saturated rings. The molecule has 10 nitrogen and oxygen atoms in total. The number of piperidine rings is 2. The van der Waals surface area contributed by atoms with E-state index in [-0.39, 0.29) is 42.3 Å². The number of fused-ring (bicyclic) bond motifs is 5. The summed E-state index contributed by atoms with van der Waals surface area (Å²) >= 11 is 0. The van der Waals surface area contributed by atoms with Crippen LogP contribution in [0.3, 0.4) is 0 Å². The molecule has 7 rings (SSSR count). The molecule has 10 heteroatoms. The van der Waals surface area contributed by atoms with Crippen molar-refractivity contribution in [1.29, 1.82) is 0 Å². The highest BCUT2D eigenvalue weighted by Gasteiger charge is 2.45. The molecule has 214 valence electrons. The topological polar surface area (TPSA) is 114 Å². The van der Waals surface area contributed by atoms with Crippen LogP contribution in [-0.2, 0) is 28.3 Å². The van der Waals surface area contributed by atoms with Crippen molar-refractivity contribution in [3.63, 3.8) is 0 Å². The number of pyridine rings is 2. The summed E-state index contributed by atoms with van der Waals surface area (Å²) in [6.07, 6.45) is 5.36. The Bertz CT molecular complexity index is 1670. The number of nitrogens with zero attached hydrogens (tertiary/aromatic N) is 4. The van der Waals surface area contributed by atoms with Gasteiger partial charge in [-0.1, -0.05) is 13.3 Å². The van der Waals surface area contributed by atoms with Crippen molar-refractivity contribution < 1.29 is 25.5 Å². The standard InChI is InChI=1S/C31H34N4O6/c1-2-31(39)24-16-26-27-20(17-35(26)28(36)23(24)18-40-29(31)37)14-19-15-22(6-7-25(19)32-27)41-30(38)34-12-8-21(9-13-34)33-10-4-3-5-11-33/h6-7,14-16,21,39H,2-5,8-13,17-18H2,1H3/t31-/m0/s1/i14T. The Morgan fingerprint density at radius 1 is 1.17 bits per heavy atom. The smallest absolute Gasteiger partial charge is 0.415 e. The molecule has 1 N–H and O–H groups in total. The highest BCUT2D eigenvalue weighted by atomic mass is 16.6. The first-order valence-corrected chi connectivity index (χ1v) is 14.6. The van der Waals surface area contributed by atoms with Gasteiger partial charge < -0.3 is 28.9 Å². The molecule has 0 bridgehead atoms. The number of carbonyl (C=O) groups is 2. The number of rotatable bonds is 3. The fourth-order valence-corrected chi connectivity index (χ4v) is 6.79. The third kappa shape index (κ3) is 4.31. The van der Waals surface area contributed by atoms with Gasteiger partial charge in [-0.3, -0.25) is 4.79 Å². The van der Waals surface area contributed by atoms with E-state index in [2.05, 4.69) is 4.90 Å². The Balaban J connectivity index is 1.14. The molecule has 0 unspecified atom stereocenters. The summed E-state index contributed by atoms with van der Waals surface area (Å²) in [5, 5.41) is 11.6. The number of aromatic nitrogens is 2. The Labute approximate surface area is 238 Å². The molecule has 1 amide bonds. The van der Waals surface area contributed by atoms with E-state index in [9.17, 15) is 19.5 Å². The van der Waals surface area contributed by atoms with Crippen molar-refractivity contribution in [2.75, 3.05) is 26.2 Å². The van der Waals surface area contributed by atoms with Gasteiger partial charge >= 0.3 is 12.1 Å². The summed E-state index contributed by atoms with van der Waals surface area (Å²) in [5.41, 5.74) is 0.180. The number of amides is 1. The van der Waals surface area contributed by atoms with E-state index in [0.29, 0.717) is 52.7 Å². The summed E-state index contributed by atoms with van der Waals surface area (Å²) in [7, 11) is 0. The van der Waals surface area contributed by atoms with Crippen molar-refractivity contribution in [3.8, 4) is 17.1 Å². The molecule has 1 aromatic carbocycles. The molecule has 0 radical (unpaired) electrons. The number of esters is 1. The lowest BCUT2D eigenvalue weighted by atomic mass is 9.86. The average molecular weight is 561 g/mol. The van der Waals surface area contributed by atoms with E-state index in [0.717, 1.165) is 25.9 Å². The van der Waals surface area contributed by atoms with Crippen molar-refractivity contribution >= 4 is 23.0 Å². The molecule has 0 spiro atoms. The Morgan fingerprint density at radius 3 is 2.71 bits per heavy atom. The van der Waals surface area contributed by atoms with Gasteiger partial charge in [-0.2, -0.15) is 0 Å². The number of cyclic esters (lactones) is 1. The third-order valence-corrected chi connectivity index (χ3v) is 9.21. The number of aliphatic hydroxyl groups is 1. The molecule has 41 heavy (non-hydrogen) atoms. The van der Waals surface area contributed by atoms with Crippen LogP contribution in [-0.4, -0.2) is 68.7 Å². The summed E-state index contributed by atoms with van der Waals surface area (Å²) in [6.45, 7) is 5.20. The molecule has 4 aliphatic heterocycles. The van der Waals surface area contributed by atoms with Gasteiger partial charge in [-0.25, -0.2) is 14.6 Å². The van der Waals surface area contributed by atoms with E-state index in [4.69, 9.17) is 15.8 Å². The zero-order chi connectivity index (χ0) is 29.2. The second kappa shape index (κ2) is 9.95. The molecular weight excluding hydrogens is 524 g/mol. The number of hydrogen-bond donors (Lipinski definition) is 1. The Hall–Kier alpha value is -3.76. The fraction of sp³-hybridized carbons (Fsp3) is 0.484. The van der Waals surface area contributed by atoms with Crippen LogP contribution in [0.25, 0.3) is 22.3 Å². The van der Waals surface area contributed by atoms with Crippen LogP contribution < -0.4 is 10.3 Å². The minimum Gasteiger partial charge on any atom is -0.458 e. The van der Waals surface area contributed by atoms with Crippen LogP contribution in [0.2, 0.25) is 0 Å². The first kappa shape index (κ1) is 25.0. The van der Waals surface area contributed by atoms with Gasteiger partial charge in [0.15, 0.2) is 5.60 Å². The van der Waals surface area contributed by atoms with Gasteiger partial charge in [-0.15, -0.1) is 0 Å². The summed E-state index contributed by atoms with van der Waals surface area (Å²) in [4.78, 5) is 47.9. The molecule has 0 aliphatic carbocycles. The maximum absolute atomic E-state index is 13.4. The van der Waals surface area contributed by atoms with E-state index in [1.807, 2.05) is 0 Å². The average Bonchev–Trinajstić information content (AvgIpc) is 3.39. The van der Waals surface area contributed by atoms with Crippen molar-refractivity contribution in [2.45, 2.75) is 70.2 Å². The van der Waals surface area contributed by atoms with Gasteiger partial charge in [0.05, 0.1) is 30.4 Å². The van der Waals surface area contributed by atoms with Crippen molar-refractivity contribution in [2.24, 2.45) is 0 Å². The van der Waals surface area contributed by atoms with Gasteiger partial charge in [0.25, 0.3) is 5.56 Å². The number of ether oxygens (including phenoxy) is 2. The summed E-state index contributed by atoms with van der Waals surface area (Å²) in [6, 6.07) is 7.38. The predicted molar refractivity (Wildman–Crippen MR) is 151 cm³/mol. The van der Waals surface area contributed by atoms with Crippen molar-refractivity contribution in [1.82, 2.24) is 19.4 Å². The molecule has 3 aromatic rings.